The molecule has 2 aromatic heterocycles. The molecule has 0 unspecified atom stereocenters. The van der Waals surface area contributed by atoms with E-state index in [1.807, 2.05) is 6.07 Å². The van der Waals surface area contributed by atoms with Crippen molar-refractivity contribution >= 4 is 39.0 Å². The van der Waals surface area contributed by atoms with Gasteiger partial charge in [-0.15, -0.1) is 0 Å². The van der Waals surface area contributed by atoms with Crippen molar-refractivity contribution in [2.75, 3.05) is 42.0 Å². The molecule has 200 valence electrons. The SMILES string of the molecule is CC(C)c1coc([C@H](Nc2nc3c(nc2Nc2cccc(S(=O)(=O)N(C)C)c2O)NCN3)C(C)(C)C)c1. The van der Waals surface area contributed by atoms with Crippen molar-refractivity contribution in [3.05, 3.63) is 41.9 Å². The Morgan fingerprint density at radius 3 is 2.32 bits per heavy atom. The standard InChI is InChI=1S/C25H35N7O4S/c1-14(2)15-11-17(36-12-15)20(25(3,4)5)29-24-23(30-21-22(31-24)27-13-26-21)28-16-9-8-10-18(19(16)33)37(34,35)32(6)7/h8-12,14,20,33H,13H2,1-7H3,(H2,26,28,30)(H2,27,29,31)/t20-/m0/s1. The highest BCUT2D eigenvalue weighted by molar-refractivity contribution is 7.89. The molecule has 1 atom stereocenters. The lowest BCUT2D eigenvalue weighted by Crippen LogP contribution is -2.26. The fourth-order valence-electron chi connectivity index (χ4n) is 3.91. The largest absolute Gasteiger partial charge is 0.504 e. The summed E-state index contributed by atoms with van der Waals surface area (Å²) in [5, 5.41) is 23.7. The normalized spacial score (nSPS) is 14.3. The number of hydrogen-bond donors (Lipinski definition) is 5. The van der Waals surface area contributed by atoms with Crippen LogP contribution in [0.15, 0.2) is 39.8 Å². The van der Waals surface area contributed by atoms with E-state index in [9.17, 15) is 13.5 Å². The minimum absolute atomic E-state index is 0.179. The van der Waals surface area contributed by atoms with E-state index in [-0.39, 0.29) is 22.0 Å². The molecule has 0 saturated heterocycles. The highest BCUT2D eigenvalue weighted by atomic mass is 32.2. The van der Waals surface area contributed by atoms with Gasteiger partial charge in [0, 0.05) is 14.1 Å². The van der Waals surface area contributed by atoms with Gasteiger partial charge in [0.15, 0.2) is 29.0 Å². The number of nitrogens with one attached hydrogen (secondary N) is 4. The average Bonchev–Trinajstić information content (AvgIpc) is 3.47. The Labute approximate surface area is 217 Å². The number of aromatic nitrogens is 2. The number of furan rings is 1. The maximum Gasteiger partial charge on any atom is 0.246 e. The molecule has 4 rings (SSSR count). The second-order valence-corrected chi connectivity index (χ2v) is 12.7. The Hall–Kier alpha value is -3.51. The lowest BCUT2D eigenvalue weighted by molar-refractivity contribution is 0.303. The number of benzene rings is 1. The van der Waals surface area contributed by atoms with Crippen molar-refractivity contribution < 1.29 is 17.9 Å². The van der Waals surface area contributed by atoms with Crippen LogP contribution in [0.3, 0.4) is 0 Å². The topological polar surface area (TPSA) is 145 Å². The number of aromatic hydroxyl groups is 1. The minimum Gasteiger partial charge on any atom is -0.504 e. The summed E-state index contributed by atoms with van der Waals surface area (Å²) >= 11 is 0. The molecule has 37 heavy (non-hydrogen) atoms. The van der Waals surface area contributed by atoms with E-state index >= 15 is 0 Å². The maximum atomic E-state index is 12.7. The van der Waals surface area contributed by atoms with Gasteiger partial charge >= 0.3 is 0 Å². The average molecular weight is 530 g/mol. The van der Waals surface area contributed by atoms with Crippen LogP contribution >= 0.6 is 0 Å². The third-order valence-corrected chi connectivity index (χ3v) is 8.00. The van der Waals surface area contributed by atoms with Crippen LogP contribution in [0.4, 0.5) is 29.0 Å². The van der Waals surface area contributed by atoms with Crippen molar-refractivity contribution in [2.45, 2.75) is 51.5 Å². The van der Waals surface area contributed by atoms with Crippen LogP contribution in [0.25, 0.3) is 0 Å². The molecule has 5 N–H and O–H groups in total. The van der Waals surface area contributed by atoms with E-state index < -0.39 is 15.8 Å². The van der Waals surface area contributed by atoms with Crippen LogP contribution in [0.5, 0.6) is 5.75 Å². The van der Waals surface area contributed by atoms with Crippen LogP contribution in [-0.2, 0) is 10.0 Å². The van der Waals surface area contributed by atoms with Gasteiger partial charge in [-0.25, -0.2) is 22.7 Å². The first kappa shape index (κ1) is 26.6. The molecule has 1 aromatic carbocycles. The minimum atomic E-state index is -3.86. The molecular weight excluding hydrogens is 494 g/mol. The Bertz CT molecular complexity index is 1390. The summed E-state index contributed by atoms with van der Waals surface area (Å²) in [6.45, 7) is 11.0. The molecule has 3 aromatic rings. The van der Waals surface area contributed by atoms with E-state index in [0.717, 1.165) is 15.6 Å². The first-order valence-electron chi connectivity index (χ1n) is 12.0. The third kappa shape index (κ3) is 5.30. The third-order valence-electron chi connectivity index (χ3n) is 6.16. The van der Waals surface area contributed by atoms with Crippen molar-refractivity contribution in [1.82, 2.24) is 14.3 Å². The van der Waals surface area contributed by atoms with E-state index in [0.29, 0.717) is 35.9 Å². The van der Waals surface area contributed by atoms with Gasteiger partial charge < -0.3 is 30.8 Å². The van der Waals surface area contributed by atoms with Crippen molar-refractivity contribution in [2.24, 2.45) is 5.41 Å². The molecule has 1 aliphatic heterocycles. The van der Waals surface area contributed by atoms with Crippen LogP contribution in [0, 0.1) is 5.41 Å². The zero-order valence-corrected chi connectivity index (χ0v) is 23.0. The number of para-hydroxylation sites is 1. The molecule has 0 saturated carbocycles. The molecule has 0 radical (unpaired) electrons. The number of phenols is 1. The second kappa shape index (κ2) is 9.75. The van der Waals surface area contributed by atoms with Crippen LogP contribution in [-0.4, -0.2) is 48.6 Å². The lowest BCUT2D eigenvalue weighted by atomic mass is 9.85. The van der Waals surface area contributed by atoms with Crippen molar-refractivity contribution in [3.8, 4) is 5.75 Å². The van der Waals surface area contributed by atoms with E-state index in [1.165, 1.54) is 20.2 Å². The number of anilines is 5. The number of sulfonamides is 1. The first-order chi connectivity index (χ1) is 17.3. The van der Waals surface area contributed by atoms with Gasteiger partial charge in [0.1, 0.15) is 10.7 Å². The van der Waals surface area contributed by atoms with Gasteiger partial charge in [0.25, 0.3) is 0 Å². The highest BCUT2D eigenvalue weighted by Gasteiger charge is 2.32. The number of rotatable bonds is 8. The highest BCUT2D eigenvalue weighted by Crippen LogP contribution is 2.41. The molecule has 1 aliphatic rings. The number of nitrogens with zero attached hydrogens (tertiary/aromatic N) is 3. The second-order valence-electron chi connectivity index (χ2n) is 10.6. The van der Waals surface area contributed by atoms with Gasteiger partial charge in [0.2, 0.25) is 10.0 Å². The summed E-state index contributed by atoms with van der Waals surface area (Å²) in [5.74, 6) is 2.52. The van der Waals surface area contributed by atoms with E-state index in [4.69, 9.17) is 9.40 Å². The van der Waals surface area contributed by atoms with Gasteiger partial charge in [-0.2, -0.15) is 0 Å². The predicted octanol–water partition coefficient (Wildman–Crippen LogP) is 4.89. The zero-order valence-electron chi connectivity index (χ0n) is 22.2. The maximum absolute atomic E-state index is 12.7. The molecule has 12 heteroatoms. The number of hydrogen-bond acceptors (Lipinski definition) is 10. The van der Waals surface area contributed by atoms with Crippen LogP contribution in [0.1, 0.15) is 57.9 Å². The Morgan fingerprint density at radius 2 is 1.76 bits per heavy atom. The molecule has 0 bridgehead atoms. The first-order valence-corrected chi connectivity index (χ1v) is 13.5. The van der Waals surface area contributed by atoms with E-state index in [2.05, 4.69) is 60.9 Å². The Balaban J connectivity index is 1.77. The molecule has 0 spiro atoms. The zero-order chi connectivity index (χ0) is 27.1. The summed E-state index contributed by atoms with van der Waals surface area (Å²) in [7, 11) is -1.04. The molecule has 0 amide bonds. The molecule has 0 aliphatic carbocycles. The van der Waals surface area contributed by atoms with Crippen LogP contribution < -0.4 is 21.3 Å². The molecule has 11 nitrogen and oxygen atoms in total. The molecular formula is C25H35N7O4S. The van der Waals surface area contributed by atoms with Crippen molar-refractivity contribution in [3.63, 3.8) is 0 Å². The smallest absolute Gasteiger partial charge is 0.246 e. The monoisotopic (exact) mass is 529 g/mol. The van der Waals surface area contributed by atoms with Crippen molar-refractivity contribution in [1.29, 1.82) is 0 Å². The van der Waals surface area contributed by atoms with Gasteiger partial charge in [-0.3, -0.25) is 0 Å². The Morgan fingerprint density at radius 1 is 1.11 bits per heavy atom. The predicted molar refractivity (Wildman–Crippen MR) is 145 cm³/mol. The van der Waals surface area contributed by atoms with Gasteiger partial charge in [-0.05, 0) is 35.1 Å². The van der Waals surface area contributed by atoms with Gasteiger partial charge in [0.05, 0.1) is 24.7 Å². The summed E-state index contributed by atoms with van der Waals surface area (Å²) in [4.78, 5) is 9.19. The number of phenolic OH excluding ortho intramolecular Hbond substituents is 1. The summed E-state index contributed by atoms with van der Waals surface area (Å²) < 4.78 is 32.4. The number of fused-ring (bicyclic) bond motifs is 1. The summed E-state index contributed by atoms with van der Waals surface area (Å²) in [6, 6.07) is 6.27. The lowest BCUT2D eigenvalue weighted by Gasteiger charge is -2.31. The van der Waals surface area contributed by atoms with Gasteiger partial charge in [-0.1, -0.05) is 40.7 Å². The quantitative estimate of drug-likeness (QED) is 0.256. The summed E-state index contributed by atoms with van der Waals surface area (Å²) in [6.07, 6.45) is 1.77. The summed E-state index contributed by atoms with van der Waals surface area (Å²) in [5.41, 5.74) is 1.01. The van der Waals surface area contributed by atoms with E-state index in [1.54, 1.807) is 18.4 Å². The molecule has 0 fully saturated rings. The Kier molecular flexibility index (Phi) is 6.99. The van der Waals surface area contributed by atoms with Crippen LogP contribution in [0.2, 0.25) is 0 Å². The fourth-order valence-corrected chi connectivity index (χ4v) is 4.91. The molecule has 3 heterocycles. The fraction of sp³-hybridized carbons (Fsp3) is 0.440.